The first-order chi connectivity index (χ1) is 11.5. The predicted octanol–water partition coefficient (Wildman–Crippen LogP) is -1.10. The summed E-state index contributed by atoms with van der Waals surface area (Å²) in [7, 11) is 0. The number of fused-ring (bicyclic) bond motifs is 1. The Balaban J connectivity index is 1.92. The van der Waals surface area contributed by atoms with Gasteiger partial charge in [-0.3, -0.25) is 9.36 Å². The van der Waals surface area contributed by atoms with Gasteiger partial charge in [0.1, 0.15) is 24.1 Å². The highest BCUT2D eigenvalue weighted by molar-refractivity contribution is 5.83. The molecular formula is C14H20N6O4. The molecule has 1 saturated heterocycles. The van der Waals surface area contributed by atoms with Gasteiger partial charge in [-0.1, -0.05) is 0 Å². The van der Waals surface area contributed by atoms with E-state index < -0.39 is 24.5 Å². The lowest BCUT2D eigenvalue weighted by atomic mass is 10.1. The third kappa shape index (κ3) is 2.48. The molecule has 2 aromatic heterocycles. The lowest BCUT2D eigenvalue weighted by Crippen LogP contribution is -2.45. The van der Waals surface area contributed by atoms with Crippen LogP contribution in [0, 0.1) is 0 Å². The van der Waals surface area contributed by atoms with E-state index in [0.717, 1.165) is 0 Å². The minimum atomic E-state index is -1.35. The van der Waals surface area contributed by atoms with E-state index in [2.05, 4.69) is 15.0 Å². The molecule has 3 heterocycles. The van der Waals surface area contributed by atoms with Gasteiger partial charge in [0.05, 0.1) is 6.33 Å². The molecule has 1 amide bonds. The van der Waals surface area contributed by atoms with Gasteiger partial charge in [0.25, 0.3) is 5.91 Å². The number of nitrogen functional groups attached to an aromatic ring is 1. The van der Waals surface area contributed by atoms with Crippen molar-refractivity contribution < 1.29 is 19.7 Å². The molecular weight excluding hydrogens is 316 g/mol. The Morgan fingerprint density at radius 3 is 2.67 bits per heavy atom. The maximum Gasteiger partial charge on any atom is 0.254 e. The molecule has 1 fully saturated rings. The molecule has 1 aliphatic rings. The highest BCUT2D eigenvalue weighted by Gasteiger charge is 2.48. The zero-order chi connectivity index (χ0) is 17.4. The number of hydrogen-bond donors (Lipinski definition) is 3. The van der Waals surface area contributed by atoms with Crippen molar-refractivity contribution in [1.29, 1.82) is 0 Å². The van der Waals surface area contributed by atoms with Crippen LogP contribution in [0.2, 0.25) is 0 Å². The van der Waals surface area contributed by atoms with Gasteiger partial charge in [-0.25, -0.2) is 15.0 Å². The van der Waals surface area contributed by atoms with Gasteiger partial charge in [-0.05, 0) is 13.8 Å². The Bertz CT molecular complexity index is 746. The number of imidazole rings is 1. The average molecular weight is 336 g/mol. The minimum Gasteiger partial charge on any atom is -0.387 e. The summed E-state index contributed by atoms with van der Waals surface area (Å²) in [6.45, 7) is 4.64. The van der Waals surface area contributed by atoms with E-state index in [1.54, 1.807) is 0 Å². The second-order valence-corrected chi connectivity index (χ2v) is 5.52. The summed E-state index contributed by atoms with van der Waals surface area (Å²) in [6, 6.07) is 0. The van der Waals surface area contributed by atoms with Gasteiger partial charge in [0.2, 0.25) is 0 Å². The van der Waals surface area contributed by atoms with Crippen LogP contribution in [0.25, 0.3) is 11.2 Å². The molecule has 3 rings (SSSR count). The van der Waals surface area contributed by atoms with Gasteiger partial charge in [-0.15, -0.1) is 0 Å². The van der Waals surface area contributed by atoms with E-state index in [1.807, 2.05) is 13.8 Å². The van der Waals surface area contributed by atoms with E-state index in [4.69, 9.17) is 10.5 Å². The second kappa shape index (κ2) is 6.30. The fraction of sp³-hybridized carbons (Fsp3) is 0.571. The Labute approximate surface area is 137 Å². The Morgan fingerprint density at radius 1 is 1.29 bits per heavy atom. The smallest absolute Gasteiger partial charge is 0.254 e. The third-order valence-corrected chi connectivity index (χ3v) is 4.22. The predicted molar refractivity (Wildman–Crippen MR) is 83.6 cm³/mol. The van der Waals surface area contributed by atoms with Gasteiger partial charge >= 0.3 is 0 Å². The van der Waals surface area contributed by atoms with E-state index in [0.29, 0.717) is 24.3 Å². The highest BCUT2D eigenvalue weighted by atomic mass is 16.6. The van der Waals surface area contributed by atoms with Crippen LogP contribution in [0.5, 0.6) is 0 Å². The number of anilines is 1. The summed E-state index contributed by atoms with van der Waals surface area (Å²) in [4.78, 5) is 26.0. The number of nitrogens with zero attached hydrogens (tertiary/aromatic N) is 5. The van der Waals surface area contributed by atoms with Crippen molar-refractivity contribution >= 4 is 22.9 Å². The van der Waals surface area contributed by atoms with E-state index in [1.165, 1.54) is 22.1 Å². The molecule has 0 spiro atoms. The summed E-state index contributed by atoms with van der Waals surface area (Å²) < 4.78 is 7.10. The maximum atomic E-state index is 12.5. The molecule has 0 aliphatic carbocycles. The first kappa shape index (κ1) is 16.6. The molecule has 0 bridgehead atoms. The molecule has 10 heteroatoms. The van der Waals surface area contributed by atoms with Crippen LogP contribution in [-0.4, -0.2) is 71.9 Å². The van der Waals surface area contributed by atoms with Crippen molar-refractivity contribution in [3.63, 3.8) is 0 Å². The maximum absolute atomic E-state index is 12.5. The molecule has 4 atom stereocenters. The SMILES string of the molecule is CCN(CC)C(=O)[C@H]1O[C@@H](n2cnc3c(N)ncnc32)[C@H](O)[C@@H]1O. The molecule has 0 unspecified atom stereocenters. The van der Waals surface area contributed by atoms with Gasteiger partial charge in [0.15, 0.2) is 23.8 Å². The zero-order valence-corrected chi connectivity index (χ0v) is 13.4. The lowest BCUT2D eigenvalue weighted by molar-refractivity contribution is -0.148. The minimum absolute atomic E-state index is 0.197. The number of aromatic nitrogens is 4. The fourth-order valence-electron chi connectivity index (χ4n) is 2.86. The number of aliphatic hydroxyl groups is 2. The van der Waals surface area contributed by atoms with Crippen LogP contribution in [-0.2, 0) is 9.53 Å². The van der Waals surface area contributed by atoms with Crippen molar-refractivity contribution in [2.45, 2.75) is 38.4 Å². The van der Waals surface area contributed by atoms with Gasteiger partial charge in [-0.2, -0.15) is 0 Å². The number of rotatable bonds is 4. The van der Waals surface area contributed by atoms with Crippen molar-refractivity contribution in [1.82, 2.24) is 24.4 Å². The molecule has 2 aromatic rings. The number of likely N-dealkylation sites (N-methyl/N-ethyl adjacent to an activating group) is 1. The molecule has 1 aliphatic heterocycles. The normalized spacial score (nSPS) is 26.8. The van der Waals surface area contributed by atoms with Crippen LogP contribution < -0.4 is 5.73 Å². The summed E-state index contributed by atoms with van der Waals surface area (Å²) in [5.41, 5.74) is 6.46. The lowest BCUT2D eigenvalue weighted by Gasteiger charge is -2.23. The van der Waals surface area contributed by atoms with Crippen molar-refractivity contribution in [2.75, 3.05) is 18.8 Å². The van der Waals surface area contributed by atoms with Crippen LogP contribution in [0.15, 0.2) is 12.7 Å². The zero-order valence-electron chi connectivity index (χ0n) is 13.4. The largest absolute Gasteiger partial charge is 0.387 e. The second-order valence-electron chi connectivity index (χ2n) is 5.52. The Morgan fingerprint density at radius 2 is 2.00 bits per heavy atom. The number of aliphatic hydroxyl groups excluding tert-OH is 2. The summed E-state index contributed by atoms with van der Waals surface area (Å²) in [5.74, 6) is -0.171. The Hall–Kier alpha value is -2.30. The standard InChI is InChI=1S/C14H20N6O4/c1-3-19(4-2)13(23)10-8(21)9(22)14(24-10)20-6-18-7-11(15)16-5-17-12(7)20/h5-6,8-10,14,21-22H,3-4H2,1-2H3,(H2,15,16,17)/t8-,9+,10-,14+/m0/s1. The van der Waals surface area contributed by atoms with Crippen molar-refractivity contribution in [3.8, 4) is 0 Å². The first-order valence-electron chi connectivity index (χ1n) is 7.72. The molecule has 0 saturated carbocycles. The summed E-state index contributed by atoms with van der Waals surface area (Å²) in [5, 5.41) is 20.6. The van der Waals surface area contributed by atoms with Crippen LogP contribution in [0.1, 0.15) is 20.1 Å². The number of nitrogens with two attached hydrogens (primary N) is 1. The molecule has 130 valence electrons. The van der Waals surface area contributed by atoms with E-state index in [9.17, 15) is 15.0 Å². The summed E-state index contributed by atoms with van der Waals surface area (Å²) >= 11 is 0. The third-order valence-electron chi connectivity index (χ3n) is 4.22. The topological polar surface area (TPSA) is 140 Å². The number of amides is 1. The van der Waals surface area contributed by atoms with Crippen LogP contribution >= 0.6 is 0 Å². The van der Waals surface area contributed by atoms with Gasteiger partial charge < -0.3 is 25.6 Å². The van der Waals surface area contributed by atoms with Crippen LogP contribution in [0.3, 0.4) is 0 Å². The molecule has 4 N–H and O–H groups in total. The van der Waals surface area contributed by atoms with Crippen molar-refractivity contribution in [3.05, 3.63) is 12.7 Å². The van der Waals surface area contributed by atoms with Crippen molar-refractivity contribution in [2.24, 2.45) is 0 Å². The molecule has 0 aromatic carbocycles. The number of carbonyl (C=O) groups excluding carboxylic acids is 1. The molecule has 24 heavy (non-hydrogen) atoms. The average Bonchev–Trinajstić information content (AvgIpc) is 3.12. The molecule has 0 radical (unpaired) electrons. The quantitative estimate of drug-likeness (QED) is 0.639. The molecule has 10 nitrogen and oxygen atoms in total. The van der Waals surface area contributed by atoms with Crippen LogP contribution in [0.4, 0.5) is 5.82 Å². The van der Waals surface area contributed by atoms with E-state index in [-0.39, 0.29) is 11.7 Å². The van der Waals surface area contributed by atoms with Gasteiger partial charge in [0, 0.05) is 13.1 Å². The number of carbonyl (C=O) groups is 1. The number of ether oxygens (including phenoxy) is 1. The monoisotopic (exact) mass is 336 g/mol. The van der Waals surface area contributed by atoms with E-state index >= 15 is 0 Å². The fourth-order valence-corrected chi connectivity index (χ4v) is 2.86. The Kier molecular flexibility index (Phi) is 4.35. The number of hydrogen-bond acceptors (Lipinski definition) is 8. The highest BCUT2D eigenvalue weighted by Crippen LogP contribution is 2.32. The summed E-state index contributed by atoms with van der Waals surface area (Å²) in [6.07, 6.45) is -2.14. The first-order valence-corrected chi connectivity index (χ1v) is 7.72.